The van der Waals surface area contributed by atoms with Crippen molar-refractivity contribution in [3.05, 3.63) is 69.6 Å². The molecular weight excluding hydrogens is 397 g/mol. The first-order valence-corrected chi connectivity index (χ1v) is 9.50. The van der Waals surface area contributed by atoms with Crippen LogP contribution in [0.15, 0.2) is 42.6 Å². The highest BCUT2D eigenvalue weighted by atomic mass is 35.5. The summed E-state index contributed by atoms with van der Waals surface area (Å²) >= 11 is 11.9. The van der Waals surface area contributed by atoms with Gasteiger partial charge in [-0.2, -0.15) is 5.10 Å². The molecule has 6 nitrogen and oxygen atoms in total. The Kier molecular flexibility index (Phi) is 6.34. The quantitative estimate of drug-likeness (QED) is 0.650. The van der Waals surface area contributed by atoms with Crippen LogP contribution < -0.4 is 5.32 Å². The minimum atomic E-state index is -0.204. The molecule has 0 aliphatic heterocycles. The van der Waals surface area contributed by atoms with Gasteiger partial charge in [-0.25, -0.2) is 9.67 Å². The van der Waals surface area contributed by atoms with Gasteiger partial charge in [-0.05, 0) is 39.1 Å². The summed E-state index contributed by atoms with van der Waals surface area (Å²) in [6.45, 7) is 4.80. The van der Waals surface area contributed by atoms with Gasteiger partial charge in [0.15, 0.2) is 5.82 Å². The maximum atomic E-state index is 12.3. The number of para-hydroxylation sites is 1. The van der Waals surface area contributed by atoms with E-state index in [1.54, 1.807) is 6.07 Å². The van der Waals surface area contributed by atoms with Gasteiger partial charge in [-0.15, -0.1) is 0 Å². The molecular formula is C20H21Cl2N5O. The highest BCUT2D eigenvalue weighted by molar-refractivity contribution is 6.36. The average molecular weight is 418 g/mol. The number of aromatic nitrogens is 3. The van der Waals surface area contributed by atoms with E-state index in [9.17, 15) is 4.79 Å². The molecule has 0 radical (unpaired) electrons. The van der Waals surface area contributed by atoms with Crippen LogP contribution in [0.1, 0.15) is 17.0 Å². The van der Waals surface area contributed by atoms with Crippen molar-refractivity contribution in [2.24, 2.45) is 0 Å². The van der Waals surface area contributed by atoms with Crippen LogP contribution in [-0.2, 0) is 11.3 Å². The summed E-state index contributed by atoms with van der Waals surface area (Å²) in [5.41, 5.74) is 4.11. The fourth-order valence-electron chi connectivity index (χ4n) is 2.97. The van der Waals surface area contributed by atoms with Crippen molar-refractivity contribution in [1.82, 2.24) is 19.7 Å². The van der Waals surface area contributed by atoms with Crippen LogP contribution in [0.3, 0.4) is 0 Å². The molecule has 8 heteroatoms. The molecule has 1 aromatic carbocycles. The maximum absolute atomic E-state index is 12.3. The molecule has 0 bridgehead atoms. The second kappa shape index (κ2) is 8.73. The van der Waals surface area contributed by atoms with E-state index in [1.165, 1.54) is 6.20 Å². The molecule has 28 heavy (non-hydrogen) atoms. The smallest absolute Gasteiger partial charge is 0.239 e. The number of hydrogen-bond donors (Lipinski definition) is 1. The predicted molar refractivity (Wildman–Crippen MR) is 112 cm³/mol. The molecule has 3 rings (SSSR count). The standard InChI is InChI=1S/C20H21Cl2N5O/c1-13-17(14(2)27(25-13)16-7-5-4-6-8-16)11-26(3)12-19(28)24-20-18(22)9-15(21)10-23-20/h4-10H,11-12H2,1-3H3,(H,23,24,28). The Morgan fingerprint density at radius 2 is 1.93 bits per heavy atom. The SMILES string of the molecule is Cc1nn(-c2ccccc2)c(C)c1CN(C)CC(=O)Nc1ncc(Cl)cc1Cl. The largest absolute Gasteiger partial charge is 0.308 e. The topological polar surface area (TPSA) is 63.1 Å². The normalized spacial score (nSPS) is 11.1. The summed E-state index contributed by atoms with van der Waals surface area (Å²) in [6, 6.07) is 11.5. The second-order valence-corrected chi connectivity index (χ2v) is 7.44. The minimum absolute atomic E-state index is 0.191. The summed E-state index contributed by atoms with van der Waals surface area (Å²) < 4.78 is 1.93. The maximum Gasteiger partial charge on any atom is 0.239 e. The molecule has 0 atom stereocenters. The van der Waals surface area contributed by atoms with Gasteiger partial charge in [-0.3, -0.25) is 9.69 Å². The molecule has 146 valence electrons. The van der Waals surface area contributed by atoms with E-state index in [-0.39, 0.29) is 12.5 Å². The summed E-state index contributed by atoms with van der Waals surface area (Å²) in [6.07, 6.45) is 1.44. The van der Waals surface area contributed by atoms with Crippen molar-refractivity contribution < 1.29 is 4.79 Å². The van der Waals surface area contributed by atoms with Crippen LogP contribution in [-0.4, -0.2) is 39.2 Å². The van der Waals surface area contributed by atoms with E-state index in [0.29, 0.717) is 22.4 Å². The number of aryl methyl sites for hydroxylation is 1. The molecule has 2 heterocycles. The van der Waals surface area contributed by atoms with Gasteiger partial charge >= 0.3 is 0 Å². The van der Waals surface area contributed by atoms with Crippen molar-refractivity contribution in [2.45, 2.75) is 20.4 Å². The lowest BCUT2D eigenvalue weighted by Crippen LogP contribution is -2.30. The Morgan fingerprint density at radius 1 is 1.21 bits per heavy atom. The molecule has 3 aromatic rings. The zero-order valence-corrected chi connectivity index (χ0v) is 17.4. The number of hydrogen-bond acceptors (Lipinski definition) is 4. The van der Waals surface area contributed by atoms with E-state index in [0.717, 1.165) is 22.6 Å². The van der Waals surface area contributed by atoms with Gasteiger partial charge in [0, 0.05) is 24.0 Å². The lowest BCUT2D eigenvalue weighted by atomic mass is 10.2. The number of pyridine rings is 1. The summed E-state index contributed by atoms with van der Waals surface area (Å²) in [5, 5.41) is 8.08. The highest BCUT2D eigenvalue weighted by Gasteiger charge is 2.16. The van der Waals surface area contributed by atoms with E-state index < -0.39 is 0 Å². The number of amides is 1. The zero-order chi connectivity index (χ0) is 20.3. The molecule has 1 amide bonds. The third kappa shape index (κ3) is 4.70. The van der Waals surface area contributed by atoms with E-state index in [4.69, 9.17) is 23.2 Å². The third-order valence-electron chi connectivity index (χ3n) is 4.35. The van der Waals surface area contributed by atoms with Crippen LogP contribution in [0.4, 0.5) is 5.82 Å². The van der Waals surface area contributed by atoms with E-state index in [1.807, 2.05) is 60.8 Å². The van der Waals surface area contributed by atoms with Crippen molar-refractivity contribution in [1.29, 1.82) is 0 Å². The van der Waals surface area contributed by atoms with Crippen LogP contribution in [0, 0.1) is 13.8 Å². The number of carbonyl (C=O) groups is 1. The monoisotopic (exact) mass is 417 g/mol. The van der Waals surface area contributed by atoms with Crippen LogP contribution >= 0.6 is 23.2 Å². The van der Waals surface area contributed by atoms with Gasteiger partial charge in [0.2, 0.25) is 5.91 Å². The first-order valence-electron chi connectivity index (χ1n) is 8.75. The molecule has 1 N–H and O–H groups in total. The average Bonchev–Trinajstić information content (AvgIpc) is 2.93. The number of likely N-dealkylation sites (N-methyl/N-ethyl adjacent to an activating group) is 1. The molecule has 0 saturated carbocycles. The van der Waals surface area contributed by atoms with Crippen LogP contribution in [0.2, 0.25) is 10.0 Å². The number of anilines is 1. The third-order valence-corrected chi connectivity index (χ3v) is 4.84. The Labute approximate surface area is 174 Å². The molecule has 0 aliphatic rings. The van der Waals surface area contributed by atoms with E-state index >= 15 is 0 Å². The number of benzene rings is 1. The number of halogens is 2. The van der Waals surface area contributed by atoms with Crippen LogP contribution in [0.5, 0.6) is 0 Å². The van der Waals surface area contributed by atoms with Gasteiger partial charge in [0.1, 0.15) is 0 Å². The molecule has 0 fully saturated rings. The lowest BCUT2D eigenvalue weighted by Gasteiger charge is -2.17. The van der Waals surface area contributed by atoms with Gasteiger partial charge < -0.3 is 5.32 Å². The van der Waals surface area contributed by atoms with E-state index in [2.05, 4.69) is 15.4 Å². The second-order valence-electron chi connectivity index (χ2n) is 6.60. The Balaban J connectivity index is 1.67. The summed E-state index contributed by atoms with van der Waals surface area (Å²) in [7, 11) is 1.88. The Bertz CT molecular complexity index is 988. The van der Waals surface area contributed by atoms with Gasteiger partial charge in [0.25, 0.3) is 0 Å². The zero-order valence-electron chi connectivity index (χ0n) is 15.9. The first-order chi connectivity index (χ1) is 13.3. The Morgan fingerprint density at radius 3 is 2.61 bits per heavy atom. The van der Waals surface area contributed by atoms with Crippen molar-refractivity contribution in [3.8, 4) is 5.69 Å². The summed E-state index contributed by atoms with van der Waals surface area (Å²) in [5.74, 6) is 0.0960. The van der Waals surface area contributed by atoms with Gasteiger partial charge in [-0.1, -0.05) is 41.4 Å². The minimum Gasteiger partial charge on any atom is -0.308 e. The first kappa shape index (κ1) is 20.3. The summed E-state index contributed by atoms with van der Waals surface area (Å²) in [4.78, 5) is 18.3. The number of carbonyl (C=O) groups excluding carboxylic acids is 1. The fraction of sp³-hybridized carbons (Fsp3) is 0.250. The molecule has 0 saturated heterocycles. The fourth-order valence-corrected chi connectivity index (χ4v) is 3.40. The lowest BCUT2D eigenvalue weighted by molar-refractivity contribution is -0.117. The molecule has 0 aliphatic carbocycles. The number of nitrogens with zero attached hydrogens (tertiary/aromatic N) is 4. The highest BCUT2D eigenvalue weighted by Crippen LogP contribution is 2.23. The van der Waals surface area contributed by atoms with Crippen molar-refractivity contribution >= 4 is 34.9 Å². The Hall–Kier alpha value is -2.41. The van der Waals surface area contributed by atoms with Crippen molar-refractivity contribution in [2.75, 3.05) is 18.9 Å². The molecule has 0 spiro atoms. The van der Waals surface area contributed by atoms with Crippen LogP contribution in [0.25, 0.3) is 5.69 Å². The number of nitrogens with one attached hydrogen (secondary N) is 1. The van der Waals surface area contributed by atoms with Crippen molar-refractivity contribution in [3.63, 3.8) is 0 Å². The molecule has 0 unspecified atom stereocenters. The molecule has 2 aromatic heterocycles. The number of rotatable bonds is 6. The predicted octanol–water partition coefficient (Wildman–Crippen LogP) is 4.26. The van der Waals surface area contributed by atoms with Gasteiger partial charge in [0.05, 0.1) is 28.0 Å².